The largest absolute Gasteiger partial charge is 0.506 e. The maximum Gasteiger partial charge on any atom is 0.133 e. The predicted molar refractivity (Wildman–Crippen MR) is 63.1 cm³/mol. The van der Waals surface area contributed by atoms with Gasteiger partial charge in [-0.05, 0) is 41.1 Å². The van der Waals surface area contributed by atoms with Crippen molar-refractivity contribution in [2.24, 2.45) is 5.73 Å². The molecule has 0 aliphatic rings. The van der Waals surface area contributed by atoms with Crippen LogP contribution < -0.4 is 5.73 Å². The van der Waals surface area contributed by atoms with Gasteiger partial charge in [-0.1, -0.05) is 18.5 Å². The van der Waals surface area contributed by atoms with Crippen LogP contribution in [0.25, 0.3) is 0 Å². The van der Waals surface area contributed by atoms with E-state index in [4.69, 9.17) is 17.3 Å². The summed E-state index contributed by atoms with van der Waals surface area (Å²) >= 11 is 7.89. The van der Waals surface area contributed by atoms with Crippen LogP contribution in [0.15, 0.2) is 12.1 Å². The van der Waals surface area contributed by atoms with Crippen molar-refractivity contribution in [3.63, 3.8) is 0 Å². The van der Waals surface area contributed by atoms with Crippen molar-refractivity contribution in [1.82, 2.24) is 0 Å². The number of benzene rings is 1. The van der Waals surface area contributed by atoms with E-state index in [1.54, 1.807) is 12.1 Å². The molecule has 2 nitrogen and oxygen atoms in total. The first kappa shape index (κ1) is 11.1. The Morgan fingerprint density at radius 3 is 2.77 bits per heavy atom. The Balaban J connectivity index is 3.20. The highest BCUT2D eigenvalue weighted by Crippen LogP contribution is 2.32. The van der Waals surface area contributed by atoms with Crippen LogP contribution in [0.3, 0.4) is 0 Å². The van der Waals surface area contributed by atoms with Crippen LogP contribution in [-0.2, 0) is 0 Å². The molecule has 0 heterocycles. The summed E-state index contributed by atoms with van der Waals surface area (Å²) in [6.07, 6.45) is 0.782. The molecule has 0 aromatic heterocycles. The molecule has 13 heavy (non-hydrogen) atoms. The van der Waals surface area contributed by atoms with Gasteiger partial charge in [0.2, 0.25) is 0 Å². The summed E-state index contributed by atoms with van der Waals surface area (Å²) in [6, 6.07) is 3.28. The third kappa shape index (κ3) is 2.48. The van der Waals surface area contributed by atoms with Gasteiger partial charge in [0.05, 0.1) is 3.57 Å². The van der Waals surface area contributed by atoms with Crippen LogP contribution >= 0.6 is 34.2 Å². The summed E-state index contributed by atoms with van der Waals surface area (Å²) < 4.78 is 0.740. The zero-order valence-electron chi connectivity index (χ0n) is 7.22. The SMILES string of the molecule is CC[C@H](N)c1cc(Cl)cc(I)c1O. The molecule has 0 aliphatic heterocycles. The summed E-state index contributed by atoms with van der Waals surface area (Å²) in [7, 11) is 0. The van der Waals surface area contributed by atoms with Gasteiger partial charge in [0.1, 0.15) is 5.75 Å². The van der Waals surface area contributed by atoms with Crippen LogP contribution in [0.5, 0.6) is 5.75 Å². The minimum atomic E-state index is -0.146. The molecule has 0 spiro atoms. The van der Waals surface area contributed by atoms with Crippen LogP contribution in [-0.4, -0.2) is 5.11 Å². The van der Waals surface area contributed by atoms with Crippen molar-refractivity contribution < 1.29 is 5.11 Å². The number of nitrogens with two attached hydrogens (primary N) is 1. The Morgan fingerprint density at radius 1 is 1.62 bits per heavy atom. The lowest BCUT2D eigenvalue weighted by atomic mass is 10.0. The van der Waals surface area contributed by atoms with Gasteiger partial charge < -0.3 is 10.8 Å². The van der Waals surface area contributed by atoms with Crippen LogP contribution in [0.4, 0.5) is 0 Å². The lowest BCUT2D eigenvalue weighted by Gasteiger charge is -2.12. The van der Waals surface area contributed by atoms with E-state index in [0.717, 1.165) is 15.6 Å². The van der Waals surface area contributed by atoms with Crippen LogP contribution in [0, 0.1) is 3.57 Å². The molecule has 0 saturated heterocycles. The molecule has 0 unspecified atom stereocenters. The Kier molecular flexibility index (Phi) is 3.82. The van der Waals surface area contributed by atoms with Gasteiger partial charge >= 0.3 is 0 Å². The molecule has 1 aromatic carbocycles. The number of phenolic OH excluding ortho intramolecular Hbond substituents is 1. The number of aromatic hydroxyl groups is 1. The van der Waals surface area contributed by atoms with Gasteiger partial charge in [0.25, 0.3) is 0 Å². The second-order valence-electron chi connectivity index (χ2n) is 2.84. The smallest absolute Gasteiger partial charge is 0.133 e. The third-order valence-corrected chi connectivity index (χ3v) is 2.94. The minimum Gasteiger partial charge on any atom is -0.506 e. The van der Waals surface area contributed by atoms with Crippen molar-refractivity contribution in [2.75, 3.05) is 0 Å². The van der Waals surface area contributed by atoms with E-state index in [-0.39, 0.29) is 11.8 Å². The quantitative estimate of drug-likeness (QED) is 0.825. The molecule has 0 saturated carbocycles. The molecule has 0 fully saturated rings. The topological polar surface area (TPSA) is 46.2 Å². The standard InChI is InChI=1S/C9H11ClINO/c1-2-8(12)6-3-5(10)4-7(11)9(6)13/h3-4,8,13H,2,12H2,1H3/t8-/m0/s1. The second-order valence-corrected chi connectivity index (χ2v) is 4.44. The lowest BCUT2D eigenvalue weighted by Crippen LogP contribution is -2.09. The lowest BCUT2D eigenvalue weighted by molar-refractivity contribution is 0.456. The van der Waals surface area contributed by atoms with Gasteiger partial charge in [0, 0.05) is 16.6 Å². The van der Waals surface area contributed by atoms with Gasteiger partial charge in [0.15, 0.2) is 0 Å². The van der Waals surface area contributed by atoms with Gasteiger partial charge in [-0.25, -0.2) is 0 Å². The zero-order chi connectivity index (χ0) is 10.0. The highest BCUT2D eigenvalue weighted by Gasteiger charge is 2.12. The molecular weight excluding hydrogens is 300 g/mol. The first-order valence-electron chi connectivity index (χ1n) is 3.99. The van der Waals surface area contributed by atoms with Crippen molar-refractivity contribution in [1.29, 1.82) is 0 Å². The number of hydrogen-bond acceptors (Lipinski definition) is 2. The van der Waals surface area contributed by atoms with E-state index in [1.807, 2.05) is 29.5 Å². The van der Waals surface area contributed by atoms with E-state index < -0.39 is 0 Å². The minimum absolute atomic E-state index is 0.146. The van der Waals surface area contributed by atoms with Crippen molar-refractivity contribution >= 4 is 34.2 Å². The third-order valence-electron chi connectivity index (χ3n) is 1.90. The molecule has 1 aromatic rings. The van der Waals surface area contributed by atoms with E-state index in [0.29, 0.717) is 5.02 Å². The molecule has 3 N–H and O–H groups in total. The van der Waals surface area contributed by atoms with Crippen LogP contribution in [0.2, 0.25) is 5.02 Å². The number of hydrogen-bond donors (Lipinski definition) is 2. The summed E-state index contributed by atoms with van der Waals surface area (Å²) in [5.74, 6) is 0.249. The van der Waals surface area contributed by atoms with Crippen molar-refractivity contribution in [3.8, 4) is 5.75 Å². The van der Waals surface area contributed by atoms with Crippen LogP contribution in [0.1, 0.15) is 24.9 Å². The van der Waals surface area contributed by atoms with E-state index in [1.165, 1.54) is 0 Å². The number of halogens is 2. The van der Waals surface area contributed by atoms with Crippen molar-refractivity contribution in [2.45, 2.75) is 19.4 Å². The fourth-order valence-corrected chi connectivity index (χ4v) is 2.15. The Morgan fingerprint density at radius 2 is 2.23 bits per heavy atom. The van der Waals surface area contributed by atoms with E-state index in [9.17, 15) is 5.11 Å². The first-order valence-corrected chi connectivity index (χ1v) is 5.45. The molecule has 1 atom stereocenters. The average molecular weight is 312 g/mol. The maximum atomic E-state index is 9.68. The fraction of sp³-hybridized carbons (Fsp3) is 0.333. The molecular formula is C9H11ClINO. The maximum absolute atomic E-state index is 9.68. The molecule has 0 amide bonds. The highest BCUT2D eigenvalue weighted by molar-refractivity contribution is 14.1. The van der Waals surface area contributed by atoms with Gasteiger partial charge in [-0.2, -0.15) is 0 Å². The number of rotatable bonds is 2. The molecule has 0 bridgehead atoms. The molecule has 0 aliphatic carbocycles. The zero-order valence-corrected chi connectivity index (χ0v) is 10.1. The summed E-state index contributed by atoms with van der Waals surface area (Å²) in [6.45, 7) is 1.97. The van der Waals surface area contributed by atoms with Gasteiger partial charge in [-0.3, -0.25) is 0 Å². The molecule has 0 radical (unpaired) electrons. The average Bonchev–Trinajstić information content (AvgIpc) is 2.10. The summed E-state index contributed by atoms with van der Waals surface area (Å²) in [4.78, 5) is 0. The first-order chi connectivity index (χ1) is 6.06. The molecule has 72 valence electrons. The van der Waals surface area contributed by atoms with E-state index in [2.05, 4.69) is 0 Å². The molecule has 1 rings (SSSR count). The van der Waals surface area contributed by atoms with Crippen molar-refractivity contribution in [3.05, 3.63) is 26.3 Å². The normalized spacial score (nSPS) is 12.9. The molecule has 4 heteroatoms. The second kappa shape index (κ2) is 4.48. The monoisotopic (exact) mass is 311 g/mol. The number of phenols is 1. The highest BCUT2D eigenvalue weighted by atomic mass is 127. The van der Waals surface area contributed by atoms with Gasteiger partial charge in [-0.15, -0.1) is 0 Å². The summed E-state index contributed by atoms with van der Waals surface area (Å²) in [5, 5.41) is 10.3. The van der Waals surface area contributed by atoms with E-state index >= 15 is 0 Å². The Hall–Kier alpha value is -0.000000000000000111. The fourth-order valence-electron chi connectivity index (χ4n) is 1.09. The predicted octanol–water partition coefficient (Wildman–Crippen LogP) is 3.06. The Bertz CT molecular complexity index is 317. The Labute approximate surface area is 96.2 Å². The summed E-state index contributed by atoms with van der Waals surface area (Å²) in [5.41, 5.74) is 6.53.